The van der Waals surface area contributed by atoms with Crippen LogP contribution < -0.4 is 0 Å². The van der Waals surface area contributed by atoms with Gasteiger partial charge in [0.2, 0.25) is 0 Å². The highest BCUT2D eigenvalue weighted by atomic mass is 16.2. The van der Waals surface area contributed by atoms with Gasteiger partial charge in [-0.3, -0.25) is 0 Å². The zero-order valence-corrected chi connectivity index (χ0v) is 7.22. The Morgan fingerprint density at radius 1 is 1.30 bits per heavy atom. The summed E-state index contributed by atoms with van der Waals surface area (Å²) in [6, 6.07) is 0. The Labute approximate surface area is 63.8 Å². The summed E-state index contributed by atoms with van der Waals surface area (Å²) in [5.74, 6) is 0. The van der Waals surface area contributed by atoms with Gasteiger partial charge in [0.1, 0.15) is 0 Å². The molecule has 0 saturated carbocycles. The van der Waals surface area contributed by atoms with Crippen LogP contribution in [0.2, 0.25) is 0 Å². The topological polar surface area (TPSA) is 20.2 Å². The second-order valence-corrected chi connectivity index (χ2v) is 3.63. The number of allylic oxidation sites excluding steroid dienone is 2. The molecule has 0 aromatic heterocycles. The van der Waals surface area contributed by atoms with E-state index in [0.29, 0.717) is 6.61 Å². The lowest BCUT2D eigenvalue weighted by atomic mass is 9.96. The lowest BCUT2D eigenvalue weighted by Crippen LogP contribution is -1.98. The number of rotatable bonds is 3. The first-order valence-corrected chi connectivity index (χ1v) is 3.85. The highest BCUT2D eigenvalue weighted by molar-refractivity contribution is 4.91. The summed E-state index contributed by atoms with van der Waals surface area (Å²) in [6.07, 6.45) is 6.19. The average molecular weight is 142 g/mol. The molecule has 0 bridgehead atoms. The Morgan fingerprint density at radius 2 is 1.90 bits per heavy atom. The van der Waals surface area contributed by atoms with Crippen LogP contribution in [0.15, 0.2) is 12.2 Å². The van der Waals surface area contributed by atoms with Crippen molar-refractivity contribution in [3.63, 3.8) is 0 Å². The molecular formula is C9H18O. The second-order valence-electron chi connectivity index (χ2n) is 3.63. The Balaban J connectivity index is 3.37. The fourth-order valence-electron chi connectivity index (χ4n) is 0.646. The van der Waals surface area contributed by atoms with Crippen molar-refractivity contribution in [3.8, 4) is 0 Å². The summed E-state index contributed by atoms with van der Waals surface area (Å²) in [7, 11) is 0. The van der Waals surface area contributed by atoms with Gasteiger partial charge in [-0.2, -0.15) is 0 Å². The molecular weight excluding hydrogens is 124 g/mol. The lowest BCUT2D eigenvalue weighted by molar-refractivity contribution is 0.289. The van der Waals surface area contributed by atoms with Crippen molar-refractivity contribution in [2.45, 2.75) is 33.6 Å². The third-order valence-electron chi connectivity index (χ3n) is 1.15. The number of hydrogen-bond acceptors (Lipinski definition) is 1. The minimum atomic E-state index is 0.287. The van der Waals surface area contributed by atoms with E-state index in [2.05, 4.69) is 32.9 Å². The van der Waals surface area contributed by atoms with E-state index >= 15 is 0 Å². The van der Waals surface area contributed by atoms with Crippen LogP contribution in [0.4, 0.5) is 0 Å². The van der Waals surface area contributed by atoms with Crippen LogP contribution in [-0.2, 0) is 0 Å². The molecule has 0 aliphatic carbocycles. The van der Waals surface area contributed by atoms with E-state index in [-0.39, 0.29) is 5.41 Å². The van der Waals surface area contributed by atoms with E-state index in [9.17, 15) is 0 Å². The van der Waals surface area contributed by atoms with Crippen molar-refractivity contribution in [2.24, 2.45) is 5.41 Å². The van der Waals surface area contributed by atoms with Gasteiger partial charge in [-0.1, -0.05) is 32.9 Å². The maximum atomic E-state index is 8.46. The molecule has 0 aromatic rings. The second kappa shape index (κ2) is 4.51. The Bertz CT molecular complexity index is 97.8. The Kier molecular flexibility index (Phi) is 4.37. The zero-order valence-electron chi connectivity index (χ0n) is 7.22. The molecule has 0 aliphatic rings. The van der Waals surface area contributed by atoms with Gasteiger partial charge in [0.15, 0.2) is 0 Å². The minimum absolute atomic E-state index is 0.287. The monoisotopic (exact) mass is 142 g/mol. The first-order chi connectivity index (χ1) is 4.56. The molecule has 0 atom stereocenters. The molecule has 0 heterocycles. The van der Waals surface area contributed by atoms with Crippen LogP contribution in [-0.4, -0.2) is 11.7 Å². The summed E-state index contributed by atoms with van der Waals surface area (Å²) < 4.78 is 0. The molecule has 1 N–H and O–H groups in total. The highest BCUT2D eigenvalue weighted by Gasteiger charge is 2.01. The van der Waals surface area contributed by atoms with E-state index < -0.39 is 0 Å². The molecule has 1 nitrogen and oxygen atoms in total. The van der Waals surface area contributed by atoms with Crippen LogP contribution in [0.1, 0.15) is 33.6 Å². The van der Waals surface area contributed by atoms with Gasteiger partial charge in [0.25, 0.3) is 0 Å². The highest BCUT2D eigenvalue weighted by Crippen LogP contribution is 2.14. The molecule has 0 saturated heterocycles. The first-order valence-electron chi connectivity index (χ1n) is 3.85. The van der Waals surface area contributed by atoms with Crippen LogP contribution in [0.25, 0.3) is 0 Å². The zero-order chi connectivity index (χ0) is 8.04. The van der Waals surface area contributed by atoms with Crippen molar-refractivity contribution < 1.29 is 5.11 Å². The molecule has 10 heavy (non-hydrogen) atoms. The van der Waals surface area contributed by atoms with E-state index in [1.807, 2.05) is 0 Å². The van der Waals surface area contributed by atoms with Crippen LogP contribution in [0, 0.1) is 5.41 Å². The fraction of sp³-hybridized carbons (Fsp3) is 0.778. The quantitative estimate of drug-likeness (QED) is 0.474. The molecule has 60 valence electrons. The molecule has 0 aliphatic heterocycles. The summed E-state index contributed by atoms with van der Waals surface area (Å²) in [5, 5.41) is 8.46. The summed E-state index contributed by atoms with van der Waals surface area (Å²) in [4.78, 5) is 0. The summed E-state index contributed by atoms with van der Waals surface area (Å²) in [5.41, 5.74) is 0.287. The first kappa shape index (κ1) is 9.70. The molecule has 0 radical (unpaired) electrons. The predicted octanol–water partition coefficient (Wildman–Crippen LogP) is 2.36. The maximum absolute atomic E-state index is 8.46. The number of hydrogen-bond donors (Lipinski definition) is 1. The lowest BCUT2D eigenvalue weighted by Gasteiger charge is -2.10. The van der Waals surface area contributed by atoms with Gasteiger partial charge in [0.05, 0.1) is 0 Å². The van der Waals surface area contributed by atoms with Crippen molar-refractivity contribution >= 4 is 0 Å². The largest absolute Gasteiger partial charge is 0.396 e. The van der Waals surface area contributed by atoms with E-state index in [1.54, 1.807) is 0 Å². The normalized spacial score (nSPS) is 12.8. The molecule has 1 heteroatoms. The molecule has 0 fully saturated rings. The van der Waals surface area contributed by atoms with Gasteiger partial charge in [0, 0.05) is 6.61 Å². The van der Waals surface area contributed by atoms with Crippen molar-refractivity contribution in [2.75, 3.05) is 6.61 Å². The van der Waals surface area contributed by atoms with Crippen molar-refractivity contribution in [1.29, 1.82) is 0 Å². The predicted molar refractivity (Wildman–Crippen MR) is 44.9 cm³/mol. The molecule has 0 amide bonds. The van der Waals surface area contributed by atoms with Crippen LogP contribution in [0.3, 0.4) is 0 Å². The van der Waals surface area contributed by atoms with Crippen molar-refractivity contribution in [3.05, 3.63) is 12.2 Å². The van der Waals surface area contributed by atoms with Gasteiger partial charge in [-0.15, -0.1) is 0 Å². The smallest absolute Gasteiger partial charge is 0.0433 e. The third-order valence-corrected chi connectivity index (χ3v) is 1.15. The van der Waals surface area contributed by atoms with Gasteiger partial charge in [-0.05, 0) is 18.3 Å². The standard InChI is InChI=1S/C9H18O/c1-9(2,3)7-5-4-6-8-10/h5,7,10H,4,6,8H2,1-3H3/b7-5-. The number of aliphatic hydroxyl groups is 1. The van der Waals surface area contributed by atoms with Crippen molar-refractivity contribution in [1.82, 2.24) is 0 Å². The van der Waals surface area contributed by atoms with E-state index in [0.717, 1.165) is 12.8 Å². The molecule has 0 unspecified atom stereocenters. The maximum Gasteiger partial charge on any atom is 0.0433 e. The Hall–Kier alpha value is -0.300. The number of aliphatic hydroxyl groups excluding tert-OH is 1. The molecule has 0 spiro atoms. The van der Waals surface area contributed by atoms with Crippen LogP contribution in [0.5, 0.6) is 0 Å². The SMILES string of the molecule is CC(C)(C)/C=C\CCCO. The molecule has 0 aromatic carbocycles. The fourth-order valence-corrected chi connectivity index (χ4v) is 0.646. The van der Waals surface area contributed by atoms with E-state index in [1.165, 1.54) is 0 Å². The summed E-state index contributed by atoms with van der Waals surface area (Å²) >= 11 is 0. The molecule has 0 rings (SSSR count). The average Bonchev–Trinajstić information content (AvgIpc) is 1.78. The minimum Gasteiger partial charge on any atom is -0.396 e. The van der Waals surface area contributed by atoms with E-state index in [4.69, 9.17) is 5.11 Å². The van der Waals surface area contributed by atoms with Gasteiger partial charge >= 0.3 is 0 Å². The van der Waals surface area contributed by atoms with Gasteiger partial charge < -0.3 is 5.11 Å². The van der Waals surface area contributed by atoms with Crippen LogP contribution >= 0.6 is 0 Å². The summed E-state index contributed by atoms with van der Waals surface area (Å²) in [6.45, 7) is 6.81. The van der Waals surface area contributed by atoms with Gasteiger partial charge in [-0.25, -0.2) is 0 Å². The third kappa shape index (κ3) is 7.70. The number of unbranched alkanes of at least 4 members (excludes halogenated alkanes) is 1. The Morgan fingerprint density at radius 3 is 2.30 bits per heavy atom.